The number of rotatable bonds is 2. The van der Waals surface area contributed by atoms with Gasteiger partial charge in [0.05, 0.1) is 0 Å². The first kappa shape index (κ1) is 16.1. The molecule has 2 aliphatic rings. The number of aromatic nitrogens is 1. The Balaban J connectivity index is 1.62. The highest BCUT2D eigenvalue weighted by molar-refractivity contribution is 6.07. The van der Waals surface area contributed by atoms with Crippen LogP contribution in [0.4, 0.5) is 11.4 Å². The van der Waals surface area contributed by atoms with Gasteiger partial charge in [0.25, 0.3) is 5.91 Å². The van der Waals surface area contributed by atoms with Gasteiger partial charge in [0.1, 0.15) is 5.69 Å². The smallest absolute Gasteiger partial charge is 0.277 e. The molecule has 130 valence electrons. The van der Waals surface area contributed by atoms with Crippen LogP contribution in [-0.4, -0.2) is 30.0 Å². The van der Waals surface area contributed by atoms with Gasteiger partial charge in [0, 0.05) is 36.7 Å². The fourth-order valence-corrected chi connectivity index (χ4v) is 4.16. The lowest BCUT2D eigenvalue weighted by atomic mass is 10.00. The summed E-state index contributed by atoms with van der Waals surface area (Å²) >= 11 is 0. The third kappa shape index (κ3) is 3.01. The van der Waals surface area contributed by atoms with Gasteiger partial charge in [0.15, 0.2) is 0 Å². The summed E-state index contributed by atoms with van der Waals surface area (Å²) in [6.45, 7) is 6.52. The number of hydrogen-bond donors (Lipinski definition) is 0. The maximum Gasteiger partial charge on any atom is 0.277 e. The summed E-state index contributed by atoms with van der Waals surface area (Å²) in [5.41, 5.74) is 3.92. The number of benzene rings is 1. The molecule has 0 spiro atoms. The van der Waals surface area contributed by atoms with Crippen LogP contribution < -0.4 is 9.80 Å². The standard InChI is InChI=1S/C21H25N3O/c1-15-6-5-11-23(14-15)18-9-10-22-19(13-18)21(25)24-16(2)12-17-7-3-4-8-20(17)24/h3-4,7-10,13,15-16H,5-6,11-12,14H2,1-2H3. The number of fused-ring (bicyclic) bond motifs is 1. The maximum absolute atomic E-state index is 13.2. The number of carbonyl (C=O) groups excluding carboxylic acids is 1. The summed E-state index contributed by atoms with van der Waals surface area (Å²) in [5, 5.41) is 0. The van der Waals surface area contributed by atoms with Gasteiger partial charge in [-0.05, 0) is 55.9 Å². The molecule has 2 atom stereocenters. The van der Waals surface area contributed by atoms with Crippen LogP contribution in [0.2, 0.25) is 0 Å². The lowest BCUT2D eigenvalue weighted by Gasteiger charge is -2.33. The van der Waals surface area contributed by atoms with Crippen molar-refractivity contribution in [2.45, 2.75) is 39.2 Å². The fraction of sp³-hybridized carbons (Fsp3) is 0.429. The molecule has 1 aromatic heterocycles. The Morgan fingerprint density at radius 1 is 1.20 bits per heavy atom. The van der Waals surface area contributed by atoms with Gasteiger partial charge in [-0.1, -0.05) is 25.1 Å². The van der Waals surface area contributed by atoms with Gasteiger partial charge < -0.3 is 9.80 Å². The number of pyridine rings is 1. The molecule has 2 unspecified atom stereocenters. The Morgan fingerprint density at radius 3 is 2.88 bits per heavy atom. The summed E-state index contributed by atoms with van der Waals surface area (Å²) in [6.07, 6.45) is 5.18. The van der Waals surface area contributed by atoms with Crippen molar-refractivity contribution in [2.24, 2.45) is 5.92 Å². The summed E-state index contributed by atoms with van der Waals surface area (Å²) in [5.74, 6) is 0.705. The molecular weight excluding hydrogens is 310 g/mol. The highest BCUT2D eigenvalue weighted by Crippen LogP contribution is 2.33. The molecule has 0 aliphatic carbocycles. The minimum atomic E-state index is 0.00404. The molecule has 2 aliphatic heterocycles. The molecular formula is C21H25N3O. The highest BCUT2D eigenvalue weighted by Gasteiger charge is 2.32. The van der Waals surface area contributed by atoms with Crippen LogP contribution in [-0.2, 0) is 6.42 Å². The molecule has 4 heteroatoms. The van der Waals surface area contributed by atoms with Crippen LogP contribution in [0.5, 0.6) is 0 Å². The number of anilines is 2. The van der Waals surface area contributed by atoms with Crippen molar-refractivity contribution in [2.75, 3.05) is 22.9 Å². The van der Waals surface area contributed by atoms with Crippen molar-refractivity contribution in [1.82, 2.24) is 4.98 Å². The molecule has 25 heavy (non-hydrogen) atoms. The van der Waals surface area contributed by atoms with E-state index >= 15 is 0 Å². The zero-order valence-electron chi connectivity index (χ0n) is 15.0. The third-order valence-electron chi connectivity index (χ3n) is 5.41. The Labute approximate surface area is 149 Å². The number of para-hydroxylation sites is 1. The van der Waals surface area contributed by atoms with Gasteiger partial charge in [0.2, 0.25) is 0 Å². The quantitative estimate of drug-likeness (QED) is 0.835. The second-order valence-electron chi connectivity index (χ2n) is 7.45. The minimum Gasteiger partial charge on any atom is -0.371 e. The van der Waals surface area contributed by atoms with Gasteiger partial charge in [-0.2, -0.15) is 0 Å². The normalized spacial score (nSPS) is 22.8. The van der Waals surface area contributed by atoms with Crippen LogP contribution in [0.25, 0.3) is 0 Å². The first-order chi connectivity index (χ1) is 12.1. The van der Waals surface area contributed by atoms with Crippen molar-refractivity contribution in [3.05, 3.63) is 53.9 Å². The van der Waals surface area contributed by atoms with Crippen LogP contribution in [0.1, 0.15) is 42.7 Å². The number of amides is 1. The Morgan fingerprint density at radius 2 is 2.04 bits per heavy atom. The van der Waals surface area contributed by atoms with E-state index < -0.39 is 0 Å². The molecule has 2 aromatic rings. The summed E-state index contributed by atoms with van der Waals surface area (Å²) in [6, 6.07) is 12.3. The highest BCUT2D eigenvalue weighted by atomic mass is 16.2. The van der Waals surface area contributed by atoms with E-state index in [-0.39, 0.29) is 11.9 Å². The second kappa shape index (κ2) is 6.51. The van der Waals surface area contributed by atoms with E-state index in [1.165, 1.54) is 18.4 Å². The number of carbonyl (C=O) groups is 1. The third-order valence-corrected chi connectivity index (χ3v) is 5.41. The zero-order chi connectivity index (χ0) is 17.4. The first-order valence-corrected chi connectivity index (χ1v) is 9.26. The molecule has 1 aromatic carbocycles. The number of hydrogen-bond acceptors (Lipinski definition) is 3. The number of piperidine rings is 1. The van der Waals surface area contributed by atoms with Gasteiger partial charge in [-0.3, -0.25) is 9.78 Å². The lowest BCUT2D eigenvalue weighted by molar-refractivity contribution is 0.0976. The SMILES string of the molecule is CC1CCCN(c2ccnc(C(=O)N3c4ccccc4CC3C)c2)C1. The van der Waals surface area contributed by atoms with Crippen LogP contribution in [0, 0.1) is 5.92 Å². The predicted octanol–water partition coefficient (Wildman–Crippen LogP) is 3.91. The average Bonchev–Trinajstić information content (AvgIpc) is 2.97. The fourth-order valence-electron chi connectivity index (χ4n) is 4.16. The molecule has 0 radical (unpaired) electrons. The van der Waals surface area contributed by atoms with E-state index in [1.807, 2.05) is 35.2 Å². The molecule has 4 rings (SSSR count). The predicted molar refractivity (Wildman–Crippen MR) is 101 cm³/mol. The Kier molecular flexibility index (Phi) is 4.20. The van der Waals surface area contributed by atoms with Crippen molar-refractivity contribution >= 4 is 17.3 Å². The summed E-state index contributed by atoms with van der Waals surface area (Å²) in [7, 11) is 0. The zero-order valence-corrected chi connectivity index (χ0v) is 15.0. The van der Waals surface area contributed by atoms with E-state index in [2.05, 4.69) is 29.8 Å². The molecule has 0 saturated carbocycles. The minimum absolute atomic E-state index is 0.00404. The van der Waals surface area contributed by atoms with E-state index in [9.17, 15) is 4.79 Å². The average molecular weight is 335 g/mol. The lowest BCUT2D eigenvalue weighted by Crippen LogP contribution is -2.37. The van der Waals surface area contributed by atoms with Crippen molar-refractivity contribution in [3.63, 3.8) is 0 Å². The molecule has 1 saturated heterocycles. The monoisotopic (exact) mass is 335 g/mol. The van der Waals surface area contributed by atoms with E-state index in [4.69, 9.17) is 0 Å². The summed E-state index contributed by atoms with van der Waals surface area (Å²) < 4.78 is 0. The Bertz CT molecular complexity index is 788. The summed E-state index contributed by atoms with van der Waals surface area (Å²) in [4.78, 5) is 21.8. The molecule has 3 heterocycles. The largest absolute Gasteiger partial charge is 0.371 e. The topological polar surface area (TPSA) is 36.4 Å². The van der Waals surface area contributed by atoms with Crippen molar-refractivity contribution in [1.29, 1.82) is 0 Å². The van der Waals surface area contributed by atoms with Crippen LogP contribution in [0.3, 0.4) is 0 Å². The first-order valence-electron chi connectivity index (χ1n) is 9.26. The second-order valence-corrected chi connectivity index (χ2v) is 7.45. The van der Waals surface area contributed by atoms with Crippen molar-refractivity contribution in [3.8, 4) is 0 Å². The van der Waals surface area contributed by atoms with E-state index in [0.717, 1.165) is 30.9 Å². The van der Waals surface area contributed by atoms with Crippen LogP contribution in [0.15, 0.2) is 42.6 Å². The molecule has 0 bridgehead atoms. The van der Waals surface area contributed by atoms with Crippen molar-refractivity contribution < 1.29 is 4.79 Å². The molecule has 1 amide bonds. The van der Waals surface area contributed by atoms with Crippen LogP contribution >= 0.6 is 0 Å². The number of nitrogens with zero attached hydrogens (tertiary/aromatic N) is 3. The molecule has 0 N–H and O–H groups in total. The van der Waals surface area contributed by atoms with Gasteiger partial charge >= 0.3 is 0 Å². The maximum atomic E-state index is 13.2. The molecule has 4 nitrogen and oxygen atoms in total. The van der Waals surface area contributed by atoms with Gasteiger partial charge in [-0.25, -0.2) is 0 Å². The van der Waals surface area contributed by atoms with Gasteiger partial charge in [-0.15, -0.1) is 0 Å². The molecule has 1 fully saturated rings. The van der Waals surface area contributed by atoms with E-state index in [0.29, 0.717) is 11.6 Å². The van der Waals surface area contributed by atoms with E-state index in [1.54, 1.807) is 6.20 Å². The Hall–Kier alpha value is -2.36.